The van der Waals surface area contributed by atoms with Crippen molar-refractivity contribution in [3.05, 3.63) is 29.8 Å². The van der Waals surface area contributed by atoms with Gasteiger partial charge in [0.1, 0.15) is 5.75 Å². The Morgan fingerprint density at radius 2 is 1.86 bits per heavy atom. The van der Waals surface area contributed by atoms with Crippen molar-refractivity contribution < 1.29 is 27.8 Å². The van der Waals surface area contributed by atoms with Crippen LogP contribution in [0.25, 0.3) is 0 Å². The van der Waals surface area contributed by atoms with E-state index in [1.807, 2.05) is 12.1 Å². The molecule has 2 aliphatic rings. The van der Waals surface area contributed by atoms with E-state index in [9.17, 15) is 23.1 Å². The highest BCUT2D eigenvalue weighted by molar-refractivity contribution is 5.93. The molecule has 1 N–H and O–H groups in total. The third kappa shape index (κ3) is 4.13. The van der Waals surface area contributed by atoms with Gasteiger partial charge in [-0.25, -0.2) is 0 Å². The fraction of sp³-hybridized carbons (Fsp3) is 0.619. The zero-order valence-corrected chi connectivity index (χ0v) is 16.9. The van der Waals surface area contributed by atoms with E-state index in [1.54, 1.807) is 12.1 Å². The number of aliphatic hydroxyl groups is 1. The monoisotopic (exact) mass is 412 g/mol. The first-order valence-electron chi connectivity index (χ1n) is 9.87. The molecule has 0 saturated heterocycles. The number of alkyl halides is 3. The van der Waals surface area contributed by atoms with E-state index >= 15 is 0 Å². The topological polar surface area (TPSA) is 62.1 Å². The van der Waals surface area contributed by atoms with Crippen LogP contribution >= 0.6 is 0 Å². The zero-order valence-electron chi connectivity index (χ0n) is 16.9. The van der Waals surface area contributed by atoms with Crippen LogP contribution in [0.1, 0.15) is 58.4 Å². The maximum Gasteiger partial charge on any atom is 0.439 e. The van der Waals surface area contributed by atoms with Gasteiger partial charge in [-0.1, -0.05) is 45.7 Å². The first-order chi connectivity index (χ1) is 13.4. The maximum atomic E-state index is 13.8. The number of fused-ring (bicyclic) bond motifs is 1. The van der Waals surface area contributed by atoms with Gasteiger partial charge in [-0.15, -0.1) is 0 Å². The summed E-state index contributed by atoms with van der Waals surface area (Å²) in [4.78, 5) is 12.6. The van der Waals surface area contributed by atoms with Crippen LogP contribution in [-0.2, 0) is 10.2 Å². The number of carbonyl (C=O) groups is 1. The van der Waals surface area contributed by atoms with Gasteiger partial charge in [-0.2, -0.15) is 23.3 Å². The van der Waals surface area contributed by atoms with Gasteiger partial charge in [-0.05, 0) is 42.4 Å². The standard InChI is InChI=1S/C21H27F3N2O3/c1-19(2,3)14-9-11-15(12-10-14)29-13-18(27)26-20(28,21(22,23)24)16-7-5-4-6-8-17(16)25-26/h9-12,16,28H,4-8,13H2,1-3H3/t16-,20+/m1/s1. The Labute approximate surface area is 168 Å². The highest BCUT2D eigenvalue weighted by atomic mass is 19.4. The summed E-state index contributed by atoms with van der Waals surface area (Å²) in [7, 11) is 0. The van der Waals surface area contributed by atoms with Crippen LogP contribution in [0.3, 0.4) is 0 Å². The molecule has 0 bridgehead atoms. The summed E-state index contributed by atoms with van der Waals surface area (Å²) in [6.07, 6.45) is -2.49. The molecule has 2 atom stereocenters. The molecular formula is C21H27F3N2O3. The lowest BCUT2D eigenvalue weighted by atomic mass is 9.87. The SMILES string of the molecule is CC(C)(C)c1ccc(OCC(=O)N2N=C3CCCCC[C@H]3[C@]2(O)C(F)(F)F)cc1. The minimum Gasteiger partial charge on any atom is -0.484 e. The van der Waals surface area contributed by atoms with Crippen molar-refractivity contribution in [2.24, 2.45) is 11.0 Å². The molecule has 3 rings (SSSR count). The lowest BCUT2D eigenvalue weighted by Gasteiger charge is -2.37. The number of carbonyl (C=O) groups excluding carboxylic acids is 1. The minimum atomic E-state index is -5.02. The van der Waals surface area contributed by atoms with E-state index in [2.05, 4.69) is 25.9 Å². The molecule has 29 heavy (non-hydrogen) atoms. The molecule has 0 radical (unpaired) electrons. The number of ether oxygens (including phenoxy) is 1. The second-order valence-electron chi connectivity index (χ2n) is 8.74. The van der Waals surface area contributed by atoms with Crippen LogP contribution < -0.4 is 4.74 Å². The molecule has 8 heteroatoms. The van der Waals surface area contributed by atoms with Gasteiger partial charge in [0.05, 0.1) is 5.92 Å². The van der Waals surface area contributed by atoms with Crippen molar-refractivity contribution >= 4 is 11.6 Å². The summed E-state index contributed by atoms with van der Waals surface area (Å²) < 4.78 is 46.9. The molecule has 1 aliphatic heterocycles. The van der Waals surface area contributed by atoms with Crippen molar-refractivity contribution in [1.29, 1.82) is 0 Å². The lowest BCUT2D eigenvalue weighted by molar-refractivity contribution is -0.317. The molecule has 1 aromatic rings. The van der Waals surface area contributed by atoms with Gasteiger partial charge in [0.2, 0.25) is 0 Å². The highest BCUT2D eigenvalue weighted by Gasteiger charge is 2.68. The zero-order chi connectivity index (χ0) is 21.4. The predicted molar refractivity (Wildman–Crippen MR) is 102 cm³/mol. The third-order valence-corrected chi connectivity index (χ3v) is 5.60. The summed E-state index contributed by atoms with van der Waals surface area (Å²) in [6.45, 7) is 5.52. The molecule has 1 heterocycles. The molecule has 1 aliphatic carbocycles. The van der Waals surface area contributed by atoms with Crippen molar-refractivity contribution in [2.45, 2.75) is 70.2 Å². The second-order valence-corrected chi connectivity index (χ2v) is 8.74. The average molecular weight is 412 g/mol. The van der Waals surface area contributed by atoms with E-state index in [4.69, 9.17) is 4.74 Å². The number of hydrogen-bond donors (Lipinski definition) is 1. The Bertz CT molecular complexity index is 784. The number of hydrogen-bond acceptors (Lipinski definition) is 4. The lowest BCUT2D eigenvalue weighted by Crippen LogP contribution is -2.61. The fourth-order valence-electron chi connectivity index (χ4n) is 3.90. The largest absolute Gasteiger partial charge is 0.484 e. The molecule has 1 amide bonds. The number of rotatable bonds is 3. The van der Waals surface area contributed by atoms with Crippen molar-refractivity contribution in [1.82, 2.24) is 5.01 Å². The quantitative estimate of drug-likeness (QED) is 0.801. The number of nitrogens with zero attached hydrogens (tertiary/aromatic N) is 2. The molecule has 1 aromatic carbocycles. The Morgan fingerprint density at radius 3 is 2.45 bits per heavy atom. The van der Waals surface area contributed by atoms with Crippen LogP contribution in [0.5, 0.6) is 5.75 Å². The third-order valence-electron chi connectivity index (χ3n) is 5.60. The smallest absolute Gasteiger partial charge is 0.439 e. The molecule has 0 unspecified atom stereocenters. The molecular weight excluding hydrogens is 385 g/mol. The number of halogens is 3. The van der Waals surface area contributed by atoms with Gasteiger partial charge in [0.25, 0.3) is 11.6 Å². The predicted octanol–water partition coefficient (Wildman–Crippen LogP) is 4.39. The average Bonchev–Trinajstić information content (AvgIpc) is 2.79. The molecule has 160 valence electrons. The van der Waals surface area contributed by atoms with Crippen LogP contribution in [0.4, 0.5) is 13.2 Å². The number of amides is 1. The van der Waals surface area contributed by atoms with Gasteiger partial charge in [-0.3, -0.25) is 4.79 Å². The van der Waals surface area contributed by atoms with Gasteiger partial charge in [0, 0.05) is 5.71 Å². The van der Waals surface area contributed by atoms with Crippen LogP contribution in [-0.4, -0.2) is 40.2 Å². The summed E-state index contributed by atoms with van der Waals surface area (Å²) in [5, 5.41) is 14.7. The van der Waals surface area contributed by atoms with Crippen molar-refractivity contribution in [2.75, 3.05) is 6.61 Å². The number of benzene rings is 1. The molecule has 0 aromatic heterocycles. The minimum absolute atomic E-state index is 0.0573. The normalized spacial score (nSPS) is 25.3. The molecule has 1 fully saturated rings. The van der Waals surface area contributed by atoms with E-state index in [0.717, 1.165) is 12.0 Å². The van der Waals surface area contributed by atoms with Gasteiger partial charge in [0.15, 0.2) is 6.61 Å². The van der Waals surface area contributed by atoms with Crippen molar-refractivity contribution in [3.63, 3.8) is 0 Å². The Hall–Kier alpha value is -2.09. The summed E-state index contributed by atoms with van der Waals surface area (Å²) in [6, 6.07) is 7.03. The fourth-order valence-corrected chi connectivity index (χ4v) is 3.90. The highest BCUT2D eigenvalue weighted by Crippen LogP contribution is 2.47. The van der Waals surface area contributed by atoms with E-state index in [1.165, 1.54) is 0 Å². The Kier molecular flexibility index (Phi) is 5.69. The Morgan fingerprint density at radius 1 is 1.21 bits per heavy atom. The Balaban J connectivity index is 1.76. The van der Waals surface area contributed by atoms with Crippen LogP contribution in [0, 0.1) is 5.92 Å². The molecule has 5 nitrogen and oxygen atoms in total. The summed E-state index contributed by atoms with van der Waals surface area (Å²) >= 11 is 0. The summed E-state index contributed by atoms with van der Waals surface area (Å²) in [5.41, 5.74) is -2.07. The second kappa shape index (κ2) is 7.63. The first kappa shape index (κ1) is 21.6. The van der Waals surface area contributed by atoms with E-state index < -0.39 is 30.3 Å². The van der Waals surface area contributed by atoms with Crippen molar-refractivity contribution in [3.8, 4) is 5.75 Å². The maximum absolute atomic E-state index is 13.8. The molecule has 1 saturated carbocycles. The van der Waals surface area contributed by atoms with Gasteiger partial charge < -0.3 is 9.84 Å². The van der Waals surface area contributed by atoms with E-state index in [0.29, 0.717) is 25.0 Å². The van der Waals surface area contributed by atoms with Gasteiger partial charge >= 0.3 is 6.18 Å². The first-order valence-corrected chi connectivity index (χ1v) is 9.87. The summed E-state index contributed by atoms with van der Waals surface area (Å²) in [5.74, 6) is -1.88. The van der Waals surface area contributed by atoms with Crippen LogP contribution in [0.2, 0.25) is 0 Å². The molecule has 0 spiro atoms. The van der Waals surface area contributed by atoms with Crippen LogP contribution in [0.15, 0.2) is 29.4 Å². The number of hydrazone groups is 1. The van der Waals surface area contributed by atoms with E-state index in [-0.39, 0.29) is 22.6 Å².